The average Bonchev–Trinajstić information content (AvgIpc) is 3.25. The van der Waals surface area contributed by atoms with Crippen LogP contribution in [0.25, 0.3) is 5.76 Å². The third-order valence-corrected chi connectivity index (χ3v) is 7.23. The second kappa shape index (κ2) is 12.7. The molecule has 4 aromatic carbocycles. The van der Waals surface area contributed by atoms with Gasteiger partial charge in [0.05, 0.1) is 33.2 Å². The van der Waals surface area contributed by atoms with Crippen molar-refractivity contribution in [1.29, 1.82) is 0 Å². The number of ether oxygens (including phenoxy) is 2. The molecule has 0 bridgehead atoms. The molecule has 214 valence electrons. The van der Waals surface area contributed by atoms with E-state index < -0.39 is 23.5 Å². The molecule has 1 heterocycles. The molecule has 1 saturated heterocycles. The zero-order chi connectivity index (χ0) is 29.6. The number of likely N-dealkylation sites (N-methyl/N-ethyl adjacent to an activating group) is 1. The molecule has 1 aliphatic heterocycles. The minimum Gasteiger partial charge on any atom is -0.872 e. The van der Waals surface area contributed by atoms with Crippen LogP contribution in [0, 0.1) is 6.92 Å². The first kappa shape index (κ1) is 28.6. The van der Waals surface area contributed by atoms with Crippen molar-refractivity contribution in [2.24, 2.45) is 0 Å². The predicted octanol–water partition coefficient (Wildman–Crippen LogP) is 3.73. The highest BCUT2D eigenvalue weighted by Crippen LogP contribution is 2.40. The highest BCUT2D eigenvalue weighted by atomic mass is 16.5. The topological polar surface area (TPSA) is 83.3 Å². The first-order chi connectivity index (χ1) is 20.3. The van der Waals surface area contributed by atoms with Gasteiger partial charge in [-0.15, -0.1) is 0 Å². The smallest absolute Gasteiger partial charge is 0.295 e. The molecular formula is C35H34N2O5. The van der Waals surface area contributed by atoms with Gasteiger partial charge < -0.3 is 24.4 Å². The maximum Gasteiger partial charge on any atom is 0.295 e. The first-order valence-corrected chi connectivity index (χ1v) is 14.0. The van der Waals surface area contributed by atoms with Gasteiger partial charge in [0.15, 0.2) is 0 Å². The summed E-state index contributed by atoms with van der Waals surface area (Å²) in [7, 11) is 3.96. The Morgan fingerprint density at radius 1 is 0.833 bits per heavy atom. The summed E-state index contributed by atoms with van der Waals surface area (Å²) in [4.78, 5) is 29.4. The molecule has 0 aliphatic carbocycles. The molecular weight excluding hydrogens is 528 g/mol. The molecule has 1 fully saturated rings. The Bertz CT molecular complexity index is 1600. The monoisotopic (exact) mass is 562 g/mol. The fraction of sp³-hybridized carbons (Fsp3) is 0.200. The minimum atomic E-state index is -0.829. The number of benzene rings is 4. The molecule has 1 amide bonds. The molecule has 0 aromatic heterocycles. The Hall–Kier alpha value is -4.88. The van der Waals surface area contributed by atoms with Crippen LogP contribution in [-0.4, -0.2) is 43.8 Å². The summed E-state index contributed by atoms with van der Waals surface area (Å²) in [6.45, 7) is 3.14. The number of nitrogens with zero attached hydrogens (tertiary/aromatic N) is 1. The van der Waals surface area contributed by atoms with E-state index in [2.05, 4.69) is 0 Å². The second-order valence-electron chi connectivity index (χ2n) is 10.7. The van der Waals surface area contributed by atoms with Crippen LogP contribution in [0.15, 0.2) is 109 Å². The molecule has 1 unspecified atom stereocenters. The number of hydrogen-bond acceptors (Lipinski definition) is 5. The van der Waals surface area contributed by atoms with Gasteiger partial charge in [0, 0.05) is 5.57 Å². The zero-order valence-electron chi connectivity index (χ0n) is 24.0. The Labute approximate surface area is 246 Å². The van der Waals surface area contributed by atoms with Crippen molar-refractivity contribution in [2.45, 2.75) is 19.6 Å². The molecule has 7 nitrogen and oxygen atoms in total. The molecule has 1 N–H and O–H groups in total. The van der Waals surface area contributed by atoms with Gasteiger partial charge in [-0.2, -0.15) is 0 Å². The lowest BCUT2D eigenvalue weighted by atomic mass is 9.93. The number of Topliss-reactive ketones (excluding diaryl/α,β-unsaturated/α-hetero) is 1. The molecule has 1 atom stereocenters. The standard InChI is InChI=1S/C35H34N2O5/c1-24-21-28(41-23-25-11-6-4-7-12-25)17-18-30(24)33(38)31-32(37(20-19-36(2)3)35(40)34(31)39)26-13-10-16-29(22-26)42-27-14-8-5-9-15-27/h4-18,21-22,32,38H,19-20,23H2,1-3H3/b33-31+. The van der Waals surface area contributed by atoms with Crippen molar-refractivity contribution in [3.05, 3.63) is 131 Å². The van der Waals surface area contributed by atoms with E-state index in [-0.39, 0.29) is 5.57 Å². The van der Waals surface area contributed by atoms with Crippen LogP contribution in [0.5, 0.6) is 17.2 Å². The van der Waals surface area contributed by atoms with Gasteiger partial charge in [-0.1, -0.05) is 72.5 Å². The lowest BCUT2D eigenvalue weighted by molar-refractivity contribution is -0.857. The fourth-order valence-electron chi connectivity index (χ4n) is 5.03. The number of nitrogens with one attached hydrogen (secondary N) is 1. The summed E-state index contributed by atoms with van der Waals surface area (Å²) in [5.41, 5.74) is 2.64. The highest BCUT2D eigenvalue weighted by Gasteiger charge is 2.44. The van der Waals surface area contributed by atoms with Gasteiger partial charge in [-0.25, -0.2) is 0 Å². The summed E-state index contributed by atoms with van der Waals surface area (Å²) in [5, 5.41) is 14.0. The van der Waals surface area contributed by atoms with Crippen LogP contribution in [0.1, 0.15) is 28.3 Å². The maximum atomic E-state index is 14.0. The first-order valence-electron chi connectivity index (χ1n) is 14.0. The van der Waals surface area contributed by atoms with E-state index >= 15 is 0 Å². The largest absolute Gasteiger partial charge is 0.872 e. The number of rotatable bonds is 10. The van der Waals surface area contributed by atoms with Gasteiger partial charge in [0.1, 0.15) is 23.9 Å². The van der Waals surface area contributed by atoms with Crippen molar-refractivity contribution in [2.75, 3.05) is 27.2 Å². The molecule has 7 heteroatoms. The van der Waals surface area contributed by atoms with E-state index in [9.17, 15) is 14.7 Å². The minimum absolute atomic E-state index is 0.0494. The second-order valence-corrected chi connectivity index (χ2v) is 10.7. The number of aryl methyl sites for hydroxylation is 1. The summed E-state index contributed by atoms with van der Waals surface area (Å²) in [5.74, 6) is -0.0705. The number of amides is 1. The predicted molar refractivity (Wildman–Crippen MR) is 159 cm³/mol. The zero-order valence-corrected chi connectivity index (χ0v) is 24.0. The van der Waals surface area contributed by atoms with E-state index in [4.69, 9.17) is 9.47 Å². The third kappa shape index (κ3) is 6.37. The summed E-state index contributed by atoms with van der Waals surface area (Å²) in [6.07, 6.45) is 0. The van der Waals surface area contributed by atoms with Gasteiger partial charge in [-0.05, 0) is 65.6 Å². The van der Waals surface area contributed by atoms with Crippen molar-refractivity contribution < 1.29 is 29.1 Å². The van der Waals surface area contributed by atoms with Crippen molar-refractivity contribution in [3.63, 3.8) is 0 Å². The third-order valence-electron chi connectivity index (χ3n) is 7.23. The van der Waals surface area contributed by atoms with E-state index in [0.29, 0.717) is 53.6 Å². The van der Waals surface area contributed by atoms with Gasteiger partial charge >= 0.3 is 0 Å². The summed E-state index contributed by atoms with van der Waals surface area (Å²) in [6, 6.07) is 30.7. The van der Waals surface area contributed by atoms with Crippen LogP contribution in [-0.2, 0) is 16.2 Å². The maximum absolute atomic E-state index is 14.0. The Morgan fingerprint density at radius 2 is 1.52 bits per heavy atom. The van der Waals surface area contributed by atoms with Gasteiger partial charge in [-0.3, -0.25) is 9.59 Å². The highest BCUT2D eigenvalue weighted by molar-refractivity contribution is 6.46. The van der Waals surface area contributed by atoms with E-state index in [1.165, 1.54) is 4.90 Å². The van der Waals surface area contributed by atoms with Crippen molar-refractivity contribution >= 4 is 17.4 Å². The van der Waals surface area contributed by atoms with Crippen molar-refractivity contribution in [3.8, 4) is 17.2 Å². The van der Waals surface area contributed by atoms with Gasteiger partial charge in [0.2, 0.25) is 5.78 Å². The molecule has 5 rings (SSSR count). The lowest BCUT2D eigenvalue weighted by Gasteiger charge is -2.28. The normalized spacial score (nSPS) is 16.2. The SMILES string of the molecule is Cc1cc(OCc2ccccc2)ccc1/C([O-])=C1\C(=O)C(=O)N(CC[NH+](C)C)C1c1cccc(Oc2ccccc2)c1. The Morgan fingerprint density at radius 3 is 2.21 bits per heavy atom. The summed E-state index contributed by atoms with van der Waals surface area (Å²) < 4.78 is 12.0. The van der Waals surface area contributed by atoms with Crippen LogP contribution in [0.2, 0.25) is 0 Å². The Kier molecular flexibility index (Phi) is 8.69. The summed E-state index contributed by atoms with van der Waals surface area (Å²) >= 11 is 0. The van der Waals surface area contributed by atoms with Crippen LogP contribution in [0.4, 0.5) is 0 Å². The number of carbonyl (C=O) groups is 2. The Balaban J connectivity index is 1.51. The average molecular weight is 563 g/mol. The number of quaternary nitrogens is 1. The fourth-order valence-corrected chi connectivity index (χ4v) is 5.03. The molecule has 42 heavy (non-hydrogen) atoms. The van der Waals surface area contributed by atoms with E-state index in [1.807, 2.05) is 93.0 Å². The quantitative estimate of drug-likeness (QED) is 0.181. The van der Waals surface area contributed by atoms with Crippen molar-refractivity contribution in [1.82, 2.24) is 4.90 Å². The number of likely N-dealkylation sites (tertiary alicyclic amines) is 1. The number of hydrogen-bond donors (Lipinski definition) is 1. The number of carbonyl (C=O) groups excluding carboxylic acids is 2. The van der Waals surface area contributed by atoms with Crippen LogP contribution in [0.3, 0.4) is 0 Å². The molecule has 1 aliphatic rings. The van der Waals surface area contributed by atoms with E-state index in [1.54, 1.807) is 31.2 Å². The lowest BCUT2D eigenvalue weighted by Crippen LogP contribution is -3.06. The number of ketones is 1. The molecule has 0 radical (unpaired) electrons. The van der Waals surface area contributed by atoms with Crippen LogP contribution >= 0.6 is 0 Å². The molecule has 4 aromatic rings. The van der Waals surface area contributed by atoms with Crippen LogP contribution < -0.4 is 19.5 Å². The molecule has 0 spiro atoms. The molecule has 0 saturated carbocycles. The van der Waals surface area contributed by atoms with E-state index in [0.717, 1.165) is 10.5 Å². The number of para-hydroxylation sites is 1. The van der Waals surface area contributed by atoms with Gasteiger partial charge in [0.25, 0.3) is 5.91 Å².